The number of hydrogen-bond acceptors (Lipinski definition) is 6. The maximum Gasteiger partial charge on any atom is 0.337 e. The predicted molar refractivity (Wildman–Crippen MR) is 75.1 cm³/mol. The molecule has 1 aromatic heterocycles. The fourth-order valence-electron chi connectivity index (χ4n) is 1.85. The minimum atomic E-state index is -1.27. The SMILES string of the molecule is CC(C)CN(CCC#N)c1ncc(C(=O)O)cc1[N+](=O)[O-]. The Bertz CT molecular complexity index is 580. The smallest absolute Gasteiger partial charge is 0.337 e. The summed E-state index contributed by atoms with van der Waals surface area (Å²) in [5.41, 5.74) is -0.608. The summed E-state index contributed by atoms with van der Waals surface area (Å²) in [4.78, 5) is 26.9. The average Bonchev–Trinajstić information content (AvgIpc) is 2.42. The molecular weight excluding hydrogens is 276 g/mol. The topological polar surface area (TPSA) is 120 Å². The molecule has 0 fully saturated rings. The molecule has 0 atom stereocenters. The number of nitrogens with zero attached hydrogens (tertiary/aromatic N) is 4. The molecular formula is C13H16N4O4. The Morgan fingerprint density at radius 1 is 1.62 bits per heavy atom. The van der Waals surface area contributed by atoms with Crippen molar-refractivity contribution in [2.45, 2.75) is 20.3 Å². The molecule has 0 saturated heterocycles. The van der Waals surface area contributed by atoms with Crippen LogP contribution in [-0.4, -0.2) is 34.1 Å². The lowest BCUT2D eigenvalue weighted by atomic mass is 10.2. The molecule has 0 saturated carbocycles. The molecule has 0 unspecified atom stereocenters. The molecule has 0 aliphatic carbocycles. The zero-order valence-corrected chi connectivity index (χ0v) is 11.8. The fraction of sp³-hybridized carbons (Fsp3) is 0.462. The third-order valence-corrected chi connectivity index (χ3v) is 2.67. The standard InChI is InChI=1S/C13H16N4O4/c1-9(2)8-16(5-3-4-14)12-11(17(20)21)6-10(7-15-12)13(18)19/h6-7,9H,3,5,8H2,1-2H3,(H,18,19). The quantitative estimate of drug-likeness (QED) is 0.603. The summed E-state index contributed by atoms with van der Waals surface area (Å²) in [6, 6.07) is 2.98. The van der Waals surface area contributed by atoms with Crippen molar-refractivity contribution in [3.05, 3.63) is 27.9 Å². The molecule has 0 spiro atoms. The van der Waals surface area contributed by atoms with E-state index < -0.39 is 10.9 Å². The van der Waals surface area contributed by atoms with Crippen LogP contribution in [0.25, 0.3) is 0 Å². The number of anilines is 1. The van der Waals surface area contributed by atoms with Gasteiger partial charge < -0.3 is 10.0 Å². The van der Waals surface area contributed by atoms with Gasteiger partial charge in [0.1, 0.15) is 0 Å². The Morgan fingerprint density at radius 3 is 2.76 bits per heavy atom. The molecule has 8 heteroatoms. The minimum absolute atomic E-state index is 0.0916. The summed E-state index contributed by atoms with van der Waals surface area (Å²) < 4.78 is 0. The Labute approximate surface area is 121 Å². The van der Waals surface area contributed by atoms with Crippen molar-refractivity contribution in [1.29, 1.82) is 5.26 Å². The molecule has 8 nitrogen and oxygen atoms in total. The summed E-state index contributed by atoms with van der Waals surface area (Å²) in [5, 5.41) is 28.7. The molecule has 0 bridgehead atoms. The summed E-state index contributed by atoms with van der Waals surface area (Å²) in [7, 11) is 0. The number of rotatable bonds is 7. The van der Waals surface area contributed by atoms with Gasteiger partial charge in [0.05, 0.1) is 23.0 Å². The van der Waals surface area contributed by atoms with Crippen molar-refractivity contribution >= 4 is 17.5 Å². The van der Waals surface area contributed by atoms with E-state index in [1.807, 2.05) is 19.9 Å². The van der Waals surface area contributed by atoms with Crippen LogP contribution in [-0.2, 0) is 0 Å². The second kappa shape index (κ2) is 7.19. The van der Waals surface area contributed by atoms with Gasteiger partial charge in [0.25, 0.3) is 0 Å². The Balaban J connectivity index is 3.25. The second-order valence-electron chi connectivity index (χ2n) is 4.88. The average molecular weight is 292 g/mol. The highest BCUT2D eigenvalue weighted by molar-refractivity contribution is 5.88. The first kappa shape index (κ1) is 16.4. The molecule has 21 heavy (non-hydrogen) atoms. The second-order valence-corrected chi connectivity index (χ2v) is 4.88. The van der Waals surface area contributed by atoms with Crippen molar-refractivity contribution in [1.82, 2.24) is 4.98 Å². The predicted octanol–water partition coefficient (Wildman–Crippen LogP) is 2.06. The zero-order valence-electron chi connectivity index (χ0n) is 11.8. The molecule has 0 aliphatic heterocycles. The largest absolute Gasteiger partial charge is 0.478 e. The number of aromatic carboxylic acids is 1. The number of aromatic nitrogens is 1. The van der Waals surface area contributed by atoms with Gasteiger partial charge in [0, 0.05) is 25.4 Å². The van der Waals surface area contributed by atoms with E-state index in [2.05, 4.69) is 4.98 Å². The molecule has 0 radical (unpaired) electrons. The molecule has 1 heterocycles. The van der Waals surface area contributed by atoms with E-state index in [4.69, 9.17) is 10.4 Å². The number of carboxylic acids is 1. The third kappa shape index (κ3) is 4.42. The summed E-state index contributed by atoms with van der Waals surface area (Å²) >= 11 is 0. The van der Waals surface area contributed by atoms with Crippen LogP contribution < -0.4 is 4.90 Å². The molecule has 1 rings (SSSR count). The van der Waals surface area contributed by atoms with Gasteiger partial charge in [-0.1, -0.05) is 13.8 Å². The number of pyridine rings is 1. The lowest BCUT2D eigenvalue weighted by Crippen LogP contribution is -2.30. The van der Waals surface area contributed by atoms with Crippen LogP contribution in [0, 0.1) is 27.4 Å². The first-order chi connectivity index (χ1) is 9.86. The van der Waals surface area contributed by atoms with Crippen LogP contribution in [0.5, 0.6) is 0 Å². The molecule has 0 aliphatic rings. The van der Waals surface area contributed by atoms with Gasteiger partial charge in [-0.15, -0.1) is 0 Å². The van der Waals surface area contributed by atoms with Gasteiger partial charge in [0.15, 0.2) is 0 Å². The van der Waals surface area contributed by atoms with E-state index in [-0.39, 0.29) is 29.4 Å². The monoisotopic (exact) mass is 292 g/mol. The maximum atomic E-state index is 11.1. The molecule has 0 aromatic carbocycles. The fourth-order valence-corrected chi connectivity index (χ4v) is 1.85. The van der Waals surface area contributed by atoms with Crippen LogP contribution in [0.2, 0.25) is 0 Å². The van der Waals surface area contributed by atoms with Crippen LogP contribution >= 0.6 is 0 Å². The first-order valence-electron chi connectivity index (χ1n) is 6.36. The van der Waals surface area contributed by atoms with Crippen molar-refractivity contribution in [3.8, 4) is 6.07 Å². The van der Waals surface area contributed by atoms with E-state index >= 15 is 0 Å². The lowest BCUT2D eigenvalue weighted by Gasteiger charge is -2.24. The molecule has 0 amide bonds. The normalized spacial score (nSPS) is 10.2. The maximum absolute atomic E-state index is 11.1. The number of carbonyl (C=O) groups is 1. The third-order valence-electron chi connectivity index (χ3n) is 2.67. The van der Waals surface area contributed by atoms with E-state index in [0.29, 0.717) is 13.1 Å². The number of hydrogen-bond donors (Lipinski definition) is 1. The van der Waals surface area contributed by atoms with Crippen LogP contribution in [0.3, 0.4) is 0 Å². The number of nitriles is 1. The van der Waals surface area contributed by atoms with E-state index in [0.717, 1.165) is 12.3 Å². The van der Waals surface area contributed by atoms with Crippen LogP contribution in [0.4, 0.5) is 11.5 Å². The van der Waals surface area contributed by atoms with Gasteiger partial charge in [-0.3, -0.25) is 10.1 Å². The highest BCUT2D eigenvalue weighted by atomic mass is 16.6. The number of carboxylic acid groups (broad SMARTS) is 1. The zero-order chi connectivity index (χ0) is 16.0. The minimum Gasteiger partial charge on any atom is -0.478 e. The van der Waals surface area contributed by atoms with Crippen molar-refractivity contribution in [2.24, 2.45) is 5.92 Å². The Hall–Kier alpha value is -2.69. The van der Waals surface area contributed by atoms with Crippen molar-refractivity contribution in [2.75, 3.05) is 18.0 Å². The highest BCUT2D eigenvalue weighted by Crippen LogP contribution is 2.27. The Kier molecular flexibility index (Phi) is 5.60. The lowest BCUT2D eigenvalue weighted by molar-refractivity contribution is -0.384. The van der Waals surface area contributed by atoms with Gasteiger partial charge in [-0.05, 0) is 5.92 Å². The molecule has 1 N–H and O–H groups in total. The van der Waals surface area contributed by atoms with E-state index in [1.54, 1.807) is 4.90 Å². The van der Waals surface area contributed by atoms with Crippen molar-refractivity contribution < 1.29 is 14.8 Å². The summed E-state index contributed by atoms with van der Waals surface area (Å²) in [6.45, 7) is 4.67. The summed E-state index contributed by atoms with van der Waals surface area (Å²) in [5.74, 6) is -0.970. The van der Waals surface area contributed by atoms with Crippen LogP contribution in [0.15, 0.2) is 12.3 Å². The van der Waals surface area contributed by atoms with Gasteiger partial charge in [-0.25, -0.2) is 9.78 Å². The van der Waals surface area contributed by atoms with Crippen molar-refractivity contribution in [3.63, 3.8) is 0 Å². The Morgan fingerprint density at radius 2 is 2.29 bits per heavy atom. The van der Waals surface area contributed by atoms with Crippen LogP contribution in [0.1, 0.15) is 30.6 Å². The highest BCUT2D eigenvalue weighted by Gasteiger charge is 2.23. The van der Waals surface area contributed by atoms with Gasteiger partial charge in [0.2, 0.25) is 5.82 Å². The van der Waals surface area contributed by atoms with E-state index in [1.165, 1.54) is 0 Å². The van der Waals surface area contributed by atoms with E-state index in [9.17, 15) is 14.9 Å². The molecule has 112 valence electrons. The number of nitro groups is 1. The van der Waals surface area contributed by atoms with Gasteiger partial charge in [-0.2, -0.15) is 5.26 Å². The van der Waals surface area contributed by atoms with Gasteiger partial charge >= 0.3 is 11.7 Å². The molecule has 1 aromatic rings. The summed E-state index contributed by atoms with van der Waals surface area (Å²) in [6.07, 6.45) is 1.29. The first-order valence-corrected chi connectivity index (χ1v) is 6.36.